The Morgan fingerprint density at radius 1 is 1.06 bits per heavy atom. The summed E-state index contributed by atoms with van der Waals surface area (Å²) in [6, 6.07) is 20.6. The van der Waals surface area contributed by atoms with Gasteiger partial charge < -0.3 is 4.74 Å². The first-order valence-corrected chi connectivity index (χ1v) is 11.6. The molecule has 0 amide bonds. The van der Waals surface area contributed by atoms with E-state index in [1.165, 1.54) is 0 Å². The molecule has 31 heavy (non-hydrogen) atoms. The van der Waals surface area contributed by atoms with Crippen LogP contribution in [0.3, 0.4) is 0 Å². The Hall–Kier alpha value is -2.78. The van der Waals surface area contributed by atoms with Gasteiger partial charge in [0.2, 0.25) is 10.0 Å². The lowest BCUT2D eigenvalue weighted by Crippen LogP contribution is -2.39. The predicted octanol–water partition coefficient (Wildman–Crippen LogP) is 3.07. The molecule has 1 fully saturated rings. The summed E-state index contributed by atoms with van der Waals surface area (Å²) in [7, 11) is -1.87. The van der Waals surface area contributed by atoms with Crippen molar-refractivity contribution >= 4 is 10.0 Å². The number of hydrogen-bond acceptors (Lipinski definition) is 6. The molecule has 0 radical (unpaired) electrons. The number of hydrogen-bond donors (Lipinski definition) is 1. The van der Waals surface area contributed by atoms with Crippen LogP contribution in [0.1, 0.15) is 22.7 Å². The monoisotopic (exact) mass is 439 g/mol. The zero-order chi connectivity index (χ0) is 21.7. The second kappa shape index (κ2) is 9.57. The average molecular weight is 440 g/mol. The van der Waals surface area contributed by atoms with Gasteiger partial charge in [-0.05, 0) is 34.9 Å². The highest BCUT2D eigenvalue weighted by Gasteiger charge is 2.43. The molecular formula is C23H25N3O4S. The van der Waals surface area contributed by atoms with Gasteiger partial charge in [-0.3, -0.25) is 9.82 Å². The second-order valence-corrected chi connectivity index (χ2v) is 9.38. The first-order valence-electron chi connectivity index (χ1n) is 10.0. The quantitative estimate of drug-likeness (QED) is 0.581. The summed E-state index contributed by atoms with van der Waals surface area (Å²) in [6.07, 6.45) is 3.30. The van der Waals surface area contributed by atoms with Crippen molar-refractivity contribution in [3.63, 3.8) is 0 Å². The van der Waals surface area contributed by atoms with Crippen LogP contribution in [0.15, 0.2) is 79.1 Å². The van der Waals surface area contributed by atoms with Gasteiger partial charge in [-0.1, -0.05) is 48.5 Å². The fourth-order valence-corrected chi connectivity index (χ4v) is 5.07. The van der Waals surface area contributed by atoms with Crippen LogP contribution >= 0.6 is 0 Å². The summed E-state index contributed by atoms with van der Waals surface area (Å²) in [5.74, 6) is 0.725. The van der Waals surface area contributed by atoms with E-state index in [0.717, 1.165) is 22.4 Å². The Kier molecular flexibility index (Phi) is 6.62. The number of nitrogens with zero attached hydrogens (tertiary/aromatic N) is 2. The topological polar surface area (TPSA) is 80.8 Å². The molecule has 8 heteroatoms. The first kappa shape index (κ1) is 21.5. The minimum Gasteiger partial charge on any atom is -0.489 e. The van der Waals surface area contributed by atoms with Crippen molar-refractivity contribution in [3.8, 4) is 5.75 Å². The number of rotatable bonds is 8. The van der Waals surface area contributed by atoms with E-state index in [4.69, 9.17) is 9.57 Å². The largest absolute Gasteiger partial charge is 0.489 e. The third kappa shape index (κ3) is 5.29. The minimum atomic E-state index is -3.62. The highest BCUT2D eigenvalue weighted by molar-refractivity contribution is 7.90. The van der Waals surface area contributed by atoms with Crippen molar-refractivity contribution in [3.05, 3.63) is 95.8 Å². The van der Waals surface area contributed by atoms with Crippen LogP contribution in [0.4, 0.5) is 0 Å². The smallest absolute Gasteiger partial charge is 0.219 e. The highest BCUT2D eigenvalue weighted by atomic mass is 32.2. The van der Waals surface area contributed by atoms with Crippen LogP contribution in [0.2, 0.25) is 0 Å². The minimum absolute atomic E-state index is 0.0931. The average Bonchev–Trinajstić information content (AvgIpc) is 3.20. The molecule has 1 N–H and O–H groups in total. The fraction of sp³-hybridized carbons (Fsp3) is 0.261. The van der Waals surface area contributed by atoms with Crippen LogP contribution in [0, 0.1) is 0 Å². The van der Waals surface area contributed by atoms with Gasteiger partial charge in [-0.2, -0.15) is 5.06 Å². The molecule has 1 aliphatic rings. The van der Waals surface area contributed by atoms with Gasteiger partial charge in [0.25, 0.3) is 0 Å². The van der Waals surface area contributed by atoms with Crippen LogP contribution < -0.4 is 9.46 Å². The first-order chi connectivity index (χ1) is 15.0. The zero-order valence-electron chi connectivity index (χ0n) is 17.2. The molecule has 1 aliphatic heterocycles. The number of nitrogens with one attached hydrogen (secondary N) is 1. The Balaban J connectivity index is 1.44. The van der Waals surface area contributed by atoms with E-state index in [2.05, 4.69) is 9.71 Å². The Bertz CT molecular complexity index is 1080. The van der Waals surface area contributed by atoms with Crippen molar-refractivity contribution < 1.29 is 18.0 Å². The molecule has 0 unspecified atom stereocenters. The number of benzene rings is 2. The molecule has 2 heterocycles. The number of sulfonamides is 1. The third-order valence-corrected chi connectivity index (χ3v) is 6.99. The van der Waals surface area contributed by atoms with E-state index in [-0.39, 0.29) is 13.2 Å². The van der Waals surface area contributed by atoms with Gasteiger partial charge in [0.1, 0.15) is 17.6 Å². The predicted molar refractivity (Wildman–Crippen MR) is 117 cm³/mol. The van der Waals surface area contributed by atoms with Gasteiger partial charge in [-0.25, -0.2) is 13.1 Å². The van der Waals surface area contributed by atoms with Crippen LogP contribution in [-0.4, -0.2) is 37.4 Å². The number of pyridine rings is 1. The molecule has 7 nitrogen and oxygen atoms in total. The van der Waals surface area contributed by atoms with E-state index < -0.39 is 21.3 Å². The lowest BCUT2D eigenvalue weighted by atomic mass is 10.0. The highest BCUT2D eigenvalue weighted by Crippen LogP contribution is 2.34. The third-order valence-electron chi connectivity index (χ3n) is 5.26. The van der Waals surface area contributed by atoms with Crippen LogP contribution in [-0.2, 0) is 28.0 Å². The van der Waals surface area contributed by atoms with Crippen molar-refractivity contribution in [1.29, 1.82) is 0 Å². The van der Waals surface area contributed by atoms with E-state index in [1.54, 1.807) is 30.6 Å². The lowest BCUT2D eigenvalue weighted by molar-refractivity contribution is -0.110. The molecule has 0 aliphatic carbocycles. The Morgan fingerprint density at radius 2 is 1.81 bits per heavy atom. The van der Waals surface area contributed by atoms with Crippen molar-refractivity contribution in [2.24, 2.45) is 0 Å². The molecule has 2 aromatic carbocycles. The van der Waals surface area contributed by atoms with Gasteiger partial charge in [0, 0.05) is 26.0 Å². The molecule has 0 saturated carbocycles. The van der Waals surface area contributed by atoms with Gasteiger partial charge in [0.15, 0.2) is 0 Å². The van der Waals surface area contributed by atoms with Crippen LogP contribution in [0.5, 0.6) is 5.75 Å². The molecule has 0 spiro atoms. The maximum Gasteiger partial charge on any atom is 0.219 e. The number of aromatic nitrogens is 1. The summed E-state index contributed by atoms with van der Waals surface area (Å²) in [5, 5.41) is 0.874. The molecule has 3 aromatic rings. The van der Waals surface area contributed by atoms with E-state index >= 15 is 0 Å². The number of ether oxygens (including phenoxy) is 1. The van der Waals surface area contributed by atoms with Gasteiger partial charge in [0.05, 0.1) is 12.6 Å². The standard InChI is InChI=1S/C23H25N3O4S/c1-26-23(20-9-11-21(12-10-20)29-16-18-6-3-2-4-7-18)22(17-30-26)31(27,28)25-15-19-8-5-13-24-14-19/h2-14,22-23,25H,15-17H2,1H3/t22-,23-/m0/s1. The van der Waals surface area contributed by atoms with E-state index in [0.29, 0.717) is 6.61 Å². The summed E-state index contributed by atoms with van der Waals surface area (Å²) in [5.41, 5.74) is 2.74. The Morgan fingerprint density at radius 3 is 2.52 bits per heavy atom. The molecule has 162 valence electrons. The van der Waals surface area contributed by atoms with E-state index in [1.807, 2.05) is 60.7 Å². The van der Waals surface area contributed by atoms with E-state index in [9.17, 15) is 8.42 Å². The molecule has 4 rings (SSSR count). The fourth-order valence-electron chi connectivity index (χ4n) is 3.58. The van der Waals surface area contributed by atoms with Gasteiger partial charge in [-0.15, -0.1) is 0 Å². The maximum absolute atomic E-state index is 13.0. The maximum atomic E-state index is 13.0. The summed E-state index contributed by atoms with van der Waals surface area (Å²) in [4.78, 5) is 9.60. The van der Waals surface area contributed by atoms with Crippen molar-refractivity contribution in [2.45, 2.75) is 24.4 Å². The summed E-state index contributed by atoms with van der Waals surface area (Å²) in [6.45, 7) is 0.757. The van der Waals surface area contributed by atoms with Crippen molar-refractivity contribution in [1.82, 2.24) is 14.8 Å². The lowest BCUT2D eigenvalue weighted by Gasteiger charge is -2.23. The summed E-state index contributed by atoms with van der Waals surface area (Å²) >= 11 is 0. The Labute approximate surface area is 182 Å². The van der Waals surface area contributed by atoms with Crippen LogP contribution in [0.25, 0.3) is 0 Å². The molecule has 0 bridgehead atoms. The van der Waals surface area contributed by atoms with Gasteiger partial charge >= 0.3 is 0 Å². The molecular weight excluding hydrogens is 414 g/mol. The summed E-state index contributed by atoms with van der Waals surface area (Å²) < 4.78 is 34.5. The van der Waals surface area contributed by atoms with Crippen molar-refractivity contribution in [2.75, 3.05) is 13.7 Å². The molecule has 2 atom stereocenters. The number of hydroxylamine groups is 2. The normalized spacial score (nSPS) is 19.4. The second-order valence-electron chi connectivity index (χ2n) is 7.40. The zero-order valence-corrected chi connectivity index (χ0v) is 18.0. The SMILES string of the molecule is CN1OC[C@H](S(=O)(=O)NCc2cccnc2)[C@@H]1c1ccc(OCc2ccccc2)cc1. The molecule has 1 saturated heterocycles. The molecule has 1 aromatic heterocycles.